The summed E-state index contributed by atoms with van der Waals surface area (Å²) in [4.78, 5) is 156. The van der Waals surface area contributed by atoms with Crippen molar-refractivity contribution in [2.45, 2.75) is 142 Å². The number of Topliss-reactive ketones (excluding diaryl/α,β-unsaturated/α-hetero) is 4. The minimum atomic E-state index is -1.67. The number of aromatic nitrogens is 1. The van der Waals surface area contributed by atoms with Gasteiger partial charge in [-0.05, 0) is 92.0 Å². The van der Waals surface area contributed by atoms with Crippen molar-refractivity contribution in [1.82, 2.24) is 42.2 Å². The maximum atomic E-state index is 14.2. The molecule has 472 valence electrons. The Hall–Kier alpha value is -9.07. The van der Waals surface area contributed by atoms with E-state index >= 15 is 0 Å². The zero-order valence-corrected chi connectivity index (χ0v) is 50.1. The van der Waals surface area contributed by atoms with Crippen molar-refractivity contribution in [1.29, 1.82) is 0 Å². The molecular formula is C61H83FN12O13. The number of hydrogen-bond acceptors (Lipinski definition) is 14. The number of fused-ring (bicyclic) bond motifs is 1. The number of hydrogen-bond donors (Lipinski definition) is 13. The van der Waals surface area contributed by atoms with E-state index in [1.807, 2.05) is 24.3 Å². The Bertz CT molecular complexity index is 3110. The van der Waals surface area contributed by atoms with E-state index in [9.17, 15) is 67.3 Å². The number of benzene rings is 3. The highest BCUT2D eigenvalue weighted by Gasteiger charge is 2.39. The summed E-state index contributed by atoms with van der Waals surface area (Å²) in [5.74, 6) is -11.1. The molecule has 4 aromatic rings. The molecule has 8 amide bonds. The quantitative estimate of drug-likeness (QED) is 0.0174. The van der Waals surface area contributed by atoms with Crippen LogP contribution in [-0.4, -0.2) is 142 Å². The molecule has 16 N–H and O–H groups in total. The number of urea groups is 1. The summed E-state index contributed by atoms with van der Waals surface area (Å²) in [6.07, 6.45) is -2.00. The number of nitrogens with two attached hydrogens (primary N) is 3. The Kier molecular flexibility index (Phi) is 27.2. The molecule has 3 aromatic carbocycles. The largest absolute Gasteiger partial charge is 0.508 e. The van der Waals surface area contributed by atoms with Gasteiger partial charge in [-0.1, -0.05) is 70.2 Å². The monoisotopic (exact) mass is 1210 g/mol. The second-order valence-electron chi connectivity index (χ2n) is 22.8. The Balaban J connectivity index is 1.49. The molecule has 0 saturated carbocycles. The maximum absolute atomic E-state index is 14.2. The molecule has 0 fully saturated rings. The summed E-state index contributed by atoms with van der Waals surface area (Å²) in [5, 5.41) is 39.7. The summed E-state index contributed by atoms with van der Waals surface area (Å²) < 4.78 is 14.0. The molecule has 0 aliphatic carbocycles. The number of nitrogens with zero attached hydrogens (tertiary/aromatic N) is 1. The summed E-state index contributed by atoms with van der Waals surface area (Å²) in [6.45, 7) is 8.29. The van der Waals surface area contributed by atoms with Crippen molar-refractivity contribution in [3.05, 3.63) is 102 Å². The maximum Gasteiger partial charge on any atom is 0.315 e. The predicted octanol–water partition coefficient (Wildman–Crippen LogP) is 1.47. The van der Waals surface area contributed by atoms with E-state index in [1.165, 1.54) is 59.0 Å². The molecule has 0 spiro atoms. The van der Waals surface area contributed by atoms with Gasteiger partial charge in [0.1, 0.15) is 17.6 Å². The lowest BCUT2D eigenvalue weighted by Crippen LogP contribution is -2.53. The average molecular weight is 1210 g/mol. The van der Waals surface area contributed by atoms with Gasteiger partial charge < -0.3 is 69.6 Å². The molecule has 0 saturated heterocycles. The third-order valence-corrected chi connectivity index (χ3v) is 14.5. The molecule has 0 radical (unpaired) electrons. The standard InChI is InChI=1S/C61H83FN12O13/c1-33(2)23-45(50(78)27-38(11-10-22-67-59(65)66-7)56(84)72-49(55(64)83)26-39-31-68-44-13-9-8-12-42(39)44)74-60(87)69-32-53(81)47(25-36-14-18-40(62)19-15-36)71-57(85)43(34(3)75)28-51(79)48(29-54(63)82)73-58(86)61(5,6)30-52(80)46(70-35(4)76)24-37-16-20-41(77)21-17-37/h8-9,12-21,31,33-34,38,43,45-49,68,75,77H,10-11,22-30,32H2,1-7H3,(H2,63,82)(H2,64,83)(H,70,76)(H,71,85)(H,72,84)(H,73,86)(H3,65,66,67)(H2,69,74,87)/t34-,38-,43+,45+,46-,47+,48+,49+/m1/s1. The van der Waals surface area contributed by atoms with Crippen LogP contribution in [0.25, 0.3) is 10.9 Å². The molecular weight excluding hydrogens is 1130 g/mol. The fourth-order valence-electron chi connectivity index (χ4n) is 9.65. The van der Waals surface area contributed by atoms with Crippen LogP contribution in [0.15, 0.2) is 84.0 Å². The number of ketones is 4. The number of halogens is 1. The van der Waals surface area contributed by atoms with Gasteiger partial charge in [0.05, 0.1) is 54.6 Å². The third-order valence-electron chi connectivity index (χ3n) is 14.5. The first kappa shape index (κ1) is 70.4. The van der Waals surface area contributed by atoms with Crippen LogP contribution in [-0.2, 0) is 67.2 Å². The van der Waals surface area contributed by atoms with Crippen molar-refractivity contribution in [2.24, 2.45) is 45.4 Å². The first-order valence-corrected chi connectivity index (χ1v) is 28.6. The van der Waals surface area contributed by atoms with Crippen LogP contribution in [0.1, 0.15) is 103 Å². The molecule has 4 rings (SSSR count). The Morgan fingerprint density at radius 2 is 1.26 bits per heavy atom. The highest BCUT2D eigenvalue weighted by atomic mass is 19.1. The number of aliphatic hydroxyl groups is 1. The highest BCUT2D eigenvalue weighted by Crippen LogP contribution is 2.26. The smallest absolute Gasteiger partial charge is 0.315 e. The van der Waals surface area contributed by atoms with Crippen molar-refractivity contribution in [3.8, 4) is 5.75 Å². The number of aliphatic hydroxyl groups excluding tert-OH is 1. The van der Waals surface area contributed by atoms with Crippen LogP contribution in [0.3, 0.4) is 0 Å². The number of carbonyl (C=O) groups excluding carboxylic acids is 11. The van der Waals surface area contributed by atoms with Gasteiger partial charge >= 0.3 is 6.03 Å². The number of para-hydroxylation sites is 1. The van der Waals surface area contributed by atoms with Gasteiger partial charge in [-0.15, -0.1) is 0 Å². The van der Waals surface area contributed by atoms with Gasteiger partial charge in [0.2, 0.25) is 35.4 Å². The SMILES string of the molecule is CN=C(N)NCCC[C@H](CC(=O)[C@H](CC(C)C)NC(=O)NCC(=O)[C@H](Cc1ccc(F)cc1)NC(=O)[C@@H](CC(=O)[C@H](CC(N)=O)NC(=O)C(C)(C)CC(=O)[C@@H](Cc1ccc(O)cc1)NC(C)=O)[C@@H](C)O)C(=O)N[C@@H](Cc1c[nH]c2ccccc12)C(N)=O. The number of nitrogens with one attached hydrogen (secondary N) is 8. The Morgan fingerprint density at radius 3 is 1.85 bits per heavy atom. The van der Waals surface area contributed by atoms with E-state index in [0.717, 1.165) is 28.6 Å². The normalized spacial score (nSPS) is 14.4. The van der Waals surface area contributed by atoms with Crippen LogP contribution in [0.4, 0.5) is 9.18 Å². The molecule has 0 aliphatic rings. The van der Waals surface area contributed by atoms with E-state index in [4.69, 9.17) is 17.2 Å². The number of phenols is 1. The van der Waals surface area contributed by atoms with Gasteiger partial charge in [-0.2, -0.15) is 0 Å². The topological polar surface area (TPSA) is 419 Å². The summed E-state index contributed by atoms with van der Waals surface area (Å²) in [7, 11) is 1.49. The number of carbonyl (C=O) groups is 11. The van der Waals surface area contributed by atoms with Crippen molar-refractivity contribution >= 4 is 81.5 Å². The number of aliphatic imine (C=N–C) groups is 1. The average Bonchev–Trinajstić information content (AvgIpc) is 3.73. The molecule has 8 atom stereocenters. The second-order valence-corrected chi connectivity index (χ2v) is 22.8. The number of guanidine groups is 1. The lowest BCUT2D eigenvalue weighted by Gasteiger charge is -2.29. The molecule has 1 aromatic heterocycles. The van der Waals surface area contributed by atoms with Crippen LogP contribution < -0.4 is 54.4 Å². The van der Waals surface area contributed by atoms with Crippen molar-refractivity contribution < 1.29 is 67.3 Å². The van der Waals surface area contributed by atoms with Gasteiger partial charge in [-0.25, -0.2) is 9.18 Å². The Morgan fingerprint density at radius 1 is 0.667 bits per heavy atom. The molecule has 0 bridgehead atoms. The zero-order chi connectivity index (χ0) is 64.7. The first-order chi connectivity index (χ1) is 41.0. The van der Waals surface area contributed by atoms with Crippen molar-refractivity contribution in [3.63, 3.8) is 0 Å². The van der Waals surface area contributed by atoms with E-state index in [1.54, 1.807) is 32.2 Å². The number of phenolic OH excluding ortho intramolecular Hbond substituents is 1. The summed E-state index contributed by atoms with van der Waals surface area (Å²) in [6, 6.07) is 10.6. The number of H-pyrrole nitrogens is 1. The molecule has 0 aliphatic heterocycles. The minimum absolute atomic E-state index is 0.0150. The molecule has 25 nitrogen and oxygen atoms in total. The lowest BCUT2D eigenvalue weighted by molar-refractivity contribution is -0.139. The fourth-order valence-corrected chi connectivity index (χ4v) is 9.65. The number of primary amides is 2. The van der Waals surface area contributed by atoms with E-state index in [2.05, 4.69) is 47.2 Å². The molecule has 26 heteroatoms. The summed E-state index contributed by atoms with van der Waals surface area (Å²) in [5.41, 5.74) is 18.0. The number of aromatic hydroxyl groups is 1. The lowest BCUT2D eigenvalue weighted by atomic mass is 9.82. The van der Waals surface area contributed by atoms with Gasteiger partial charge in [0.15, 0.2) is 29.1 Å². The molecule has 0 unspecified atom stereocenters. The summed E-state index contributed by atoms with van der Waals surface area (Å²) >= 11 is 0. The fraction of sp³-hybridized carbons (Fsp3) is 0.475. The molecule has 1 heterocycles. The van der Waals surface area contributed by atoms with Crippen LogP contribution >= 0.6 is 0 Å². The molecule has 87 heavy (non-hydrogen) atoms. The predicted molar refractivity (Wildman–Crippen MR) is 321 cm³/mol. The van der Waals surface area contributed by atoms with E-state index in [0.29, 0.717) is 17.5 Å². The zero-order valence-electron chi connectivity index (χ0n) is 50.1. The van der Waals surface area contributed by atoms with Gasteiger partial charge in [0, 0.05) is 69.2 Å². The van der Waals surface area contributed by atoms with Crippen LogP contribution in [0, 0.1) is 29.0 Å². The number of rotatable bonds is 36. The van der Waals surface area contributed by atoms with E-state index in [-0.39, 0.29) is 56.3 Å². The first-order valence-electron chi connectivity index (χ1n) is 28.6. The number of aromatic amines is 1. The Labute approximate surface area is 504 Å². The third kappa shape index (κ3) is 23.4. The van der Waals surface area contributed by atoms with Crippen LogP contribution in [0.5, 0.6) is 5.75 Å². The minimum Gasteiger partial charge on any atom is -0.508 e. The highest BCUT2D eigenvalue weighted by molar-refractivity contribution is 6.00. The van der Waals surface area contributed by atoms with E-state index < -0.39 is 156 Å². The van der Waals surface area contributed by atoms with Crippen LogP contribution in [0.2, 0.25) is 0 Å². The second kappa shape index (κ2) is 33.6. The number of amides is 8. The van der Waals surface area contributed by atoms with Gasteiger partial charge in [-0.3, -0.25) is 52.9 Å². The van der Waals surface area contributed by atoms with Gasteiger partial charge in [0.25, 0.3) is 0 Å². The van der Waals surface area contributed by atoms with Crippen molar-refractivity contribution in [2.75, 3.05) is 20.1 Å².